The van der Waals surface area contributed by atoms with E-state index in [2.05, 4.69) is 23.6 Å². The molecule has 0 bridgehead atoms. The smallest absolute Gasteiger partial charge is 0.264 e. The minimum atomic E-state index is 0.140. The van der Waals surface area contributed by atoms with Crippen molar-refractivity contribution in [2.24, 2.45) is 11.8 Å². The third-order valence-corrected chi connectivity index (χ3v) is 5.66. The number of hydrogen-bond acceptors (Lipinski definition) is 4. The van der Waals surface area contributed by atoms with Gasteiger partial charge in [-0.25, -0.2) is 0 Å². The molecule has 6 heteroatoms. The van der Waals surface area contributed by atoms with Crippen LogP contribution < -0.4 is 0 Å². The average Bonchev–Trinajstić information content (AvgIpc) is 3.24. The minimum absolute atomic E-state index is 0.140. The average molecular weight is 350 g/mol. The molecule has 0 spiro atoms. The third kappa shape index (κ3) is 3.49. The van der Waals surface area contributed by atoms with Crippen LogP contribution in [0.15, 0.2) is 6.07 Å². The number of aromatic nitrogens is 2. The van der Waals surface area contributed by atoms with Crippen LogP contribution in [0.4, 0.5) is 0 Å². The van der Waals surface area contributed by atoms with Gasteiger partial charge in [0.05, 0.1) is 17.2 Å². The lowest BCUT2D eigenvalue weighted by Crippen LogP contribution is -2.35. The van der Waals surface area contributed by atoms with Gasteiger partial charge in [0.2, 0.25) is 0 Å². The molecular weight excluding hydrogens is 322 g/mol. The molecule has 0 radical (unpaired) electrons. The Morgan fingerprint density at radius 3 is 2.96 bits per heavy atom. The first-order valence-electron chi connectivity index (χ1n) is 8.83. The Hall–Kier alpha value is -1.40. The summed E-state index contributed by atoms with van der Waals surface area (Å²) in [6, 6.07) is 2.02. The Bertz CT molecular complexity index is 713. The van der Waals surface area contributed by atoms with Crippen LogP contribution in [0.5, 0.6) is 0 Å². The van der Waals surface area contributed by atoms with Crippen LogP contribution in [0, 0.1) is 18.8 Å². The molecule has 0 aliphatic carbocycles. The highest BCUT2D eigenvalue weighted by Crippen LogP contribution is 2.30. The van der Waals surface area contributed by atoms with Gasteiger partial charge in [-0.2, -0.15) is 5.10 Å². The van der Waals surface area contributed by atoms with Crippen molar-refractivity contribution in [1.82, 2.24) is 14.7 Å². The highest BCUT2D eigenvalue weighted by atomic mass is 32.1. The second-order valence-electron chi connectivity index (χ2n) is 7.06. The molecule has 1 fully saturated rings. The van der Waals surface area contributed by atoms with Crippen LogP contribution in [0.25, 0.3) is 10.2 Å². The van der Waals surface area contributed by atoms with Gasteiger partial charge in [0.1, 0.15) is 4.83 Å². The van der Waals surface area contributed by atoms with E-state index in [-0.39, 0.29) is 5.91 Å². The molecule has 132 valence electrons. The molecule has 3 heterocycles. The summed E-state index contributed by atoms with van der Waals surface area (Å²) in [5, 5.41) is 5.74. The number of ether oxygens (including phenoxy) is 1. The molecular formula is C18H27N3O2S. The largest absolute Gasteiger partial charge is 0.381 e. The SMILES string of the molecule is CCN(C[C@H]1CCOC1)C(=O)c1cc2c(C)nn(CC(C)C)c2s1. The number of carbonyl (C=O) groups excluding carboxylic acids is 1. The Labute approximate surface area is 147 Å². The van der Waals surface area contributed by atoms with E-state index in [1.165, 1.54) is 0 Å². The predicted molar refractivity (Wildman–Crippen MR) is 97.7 cm³/mol. The molecule has 1 saturated heterocycles. The van der Waals surface area contributed by atoms with Gasteiger partial charge < -0.3 is 9.64 Å². The fraction of sp³-hybridized carbons (Fsp3) is 0.667. The van der Waals surface area contributed by atoms with E-state index in [1.807, 2.05) is 24.8 Å². The monoisotopic (exact) mass is 349 g/mol. The second kappa shape index (κ2) is 7.23. The molecule has 1 aliphatic heterocycles. The Kier molecular flexibility index (Phi) is 5.25. The van der Waals surface area contributed by atoms with Crippen molar-refractivity contribution in [1.29, 1.82) is 0 Å². The molecule has 3 rings (SSSR count). The number of hydrogen-bond donors (Lipinski definition) is 0. The minimum Gasteiger partial charge on any atom is -0.381 e. The van der Waals surface area contributed by atoms with Crippen molar-refractivity contribution in [3.63, 3.8) is 0 Å². The van der Waals surface area contributed by atoms with Gasteiger partial charge in [-0.15, -0.1) is 11.3 Å². The van der Waals surface area contributed by atoms with Crippen molar-refractivity contribution in [3.05, 3.63) is 16.6 Å². The van der Waals surface area contributed by atoms with E-state index < -0.39 is 0 Å². The molecule has 5 nitrogen and oxygen atoms in total. The topological polar surface area (TPSA) is 47.4 Å². The van der Waals surface area contributed by atoms with Gasteiger partial charge in [0.15, 0.2) is 0 Å². The normalized spacial score (nSPS) is 18.0. The maximum atomic E-state index is 12.9. The Balaban J connectivity index is 1.83. The van der Waals surface area contributed by atoms with Crippen molar-refractivity contribution in [3.8, 4) is 0 Å². The fourth-order valence-electron chi connectivity index (χ4n) is 3.24. The molecule has 0 aromatic carbocycles. The van der Waals surface area contributed by atoms with Crippen LogP contribution >= 0.6 is 11.3 Å². The van der Waals surface area contributed by atoms with E-state index in [9.17, 15) is 4.79 Å². The van der Waals surface area contributed by atoms with E-state index in [0.717, 1.165) is 60.1 Å². The van der Waals surface area contributed by atoms with E-state index in [0.29, 0.717) is 11.8 Å². The highest BCUT2D eigenvalue weighted by Gasteiger charge is 2.24. The number of carbonyl (C=O) groups is 1. The summed E-state index contributed by atoms with van der Waals surface area (Å²) in [6.07, 6.45) is 1.05. The van der Waals surface area contributed by atoms with Gasteiger partial charge in [0, 0.05) is 37.5 Å². The first-order chi connectivity index (χ1) is 11.5. The number of amides is 1. The van der Waals surface area contributed by atoms with Crippen LogP contribution in [-0.2, 0) is 11.3 Å². The molecule has 1 aliphatic rings. The standard InChI is InChI=1S/C18H27N3O2S/c1-5-20(10-14-6-7-23-11-14)17(22)16-8-15-13(4)19-21(9-12(2)3)18(15)24-16/h8,12,14H,5-7,9-11H2,1-4H3/t14-/m1/s1. The third-order valence-electron chi connectivity index (χ3n) is 4.53. The maximum absolute atomic E-state index is 12.9. The lowest BCUT2D eigenvalue weighted by Gasteiger charge is -2.23. The Morgan fingerprint density at radius 1 is 1.54 bits per heavy atom. The summed E-state index contributed by atoms with van der Waals surface area (Å²) in [5.41, 5.74) is 1.01. The molecule has 1 amide bonds. The van der Waals surface area contributed by atoms with Crippen LogP contribution in [0.1, 0.15) is 42.6 Å². The van der Waals surface area contributed by atoms with Gasteiger partial charge in [-0.05, 0) is 32.3 Å². The zero-order valence-electron chi connectivity index (χ0n) is 15.0. The van der Waals surface area contributed by atoms with Crippen molar-refractivity contribution >= 4 is 27.5 Å². The number of nitrogens with zero attached hydrogens (tertiary/aromatic N) is 3. The number of rotatable bonds is 6. The lowest BCUT2D eigenvalue weighted by atomic mass is 10.1. The first-order valence-corrected chi connectivity index (χ1v) is 9.65. The molecule has 0 N–H and O–H groups in total. The molecule has 24 heavy (non-hydrogen) atoms. The fourth-order valence-corrected chi connectivity index (χ4v) is 4.38. The summed E-state index contributed by atoms with van der Waals surface area (Å²) in [6.45, 7) is 12.5. The molecule has 2 aromatic heterocycles. The van der Waals surface area contributed by atoms with Gasteiger partial charge in [-0.1, -0.05) is 13.8 Å². The number of fused-ring (bicyclic) bond motifs is 1. The van der Waals surface area contributed by atoms with Crippen molar-refractivity contribution in [2.75, 3.05) is 26.3 Å². The molecule has 0 saturated carbocycles. The summed E-state index contributed by atoms with van der Waals surface area (Å²) < 4.78 is 7.50. The second-order valence-corrected chi connectivity index (χ2v) is 8.09. The zero-order chi connectivity index (χ0) is 17.3. The van der Waals surface area contributed by atoms with E-state index >= 15 is 0 Å². The van der Waals surface area contributed by atoms with Crippen molar-refractivity contribution < 1.29 is 9.53 Å². The Morgan fingerprint density at radius 2 is 2.33 bits per heavy atom. The maximum Gasteiger partial charge on any atom is 0.264 e. The van der Waals surface area contributed by atoms with Crippen molar-refractivity contribution in [2.45, 2.75) is 40.7 Å². The lowest BCUT2D eigenvalue weighted by molar-refractivity contribution is 0.0735. The summed E-state index contributed by atoms with van der Waals surface area (Å²) in [4.78, 5) is 16.8. The van der Waals surface area contributed by atoms with Crippen LogP contribution in [0.3, 0.4) is 0 Å². The predicted octanol–water partition coefficient (Wildman–Crippen LogP) is 3.56. The number of thiophene rings is 1. The van der Waals surface area contributed by atoms with Gasteiger partial charge in [0.25, 0.3) is 5.91 Å². The zero-order valence-corrected chi connectivity index (χ0v) is 15.9. The summed E-state index contributed by atoms with van der Waals surface area (Å²) in [7, 11) is 0. The van der Waals surface area contributed by atoms with E-state index in [4.69, 9.17) is 4.74 Å². The van der Waals surface area contributed by atoms with Gasteiger partial charge >= 0.3 is 0 Å². The van der Waals surface area contributed by atoms with Crippen LogP contribution in [0.2, 0.25) is 0 Å². The van der Waals surface area contributed by atoms with Crippen LogP contribution in [-0.4, -0.2) is 46.9 Å². The summed E-state index contributed by atoms with van der Waals surface area (Å²) in [5.74, 6) is 1.14. The molecule has 1 atom stereocenters. The first kappa shape index (κ1) is 17.4. The molecule has 0 unspecified atom stereocenters. The number of aryl methyl sites for hydroxylation is 1. The quantitative estimate of drug-likeness (QED) is 0.801. The summed E-state index contributed by atoms with van der Waals surface area (Å²) >= 11 is 1.57. The van der Waals surface area contributed by atoms with Gasteiger partial charge in [-0.3, -0.25) is 9.48 Å². The molecule has 2 aromatic rings. The highest BCUT2D eigenvalue weighted by molar-refractivity contribution is 7.20. The van der Waals surface area contributed by atoms with E-state index in [1.54, 1.807) is 11.3 Å².